The van der Waals surface area contributed by atoms with Crippen molar-refractivity contribution in [1.82, 2.24) is 4.72 Å². The zero-order valence-corrected chi connectivity index (χ0v) is 18.2. The molecule has 2 N–H and O–H groups in total. The quantitative estimate of drug-likeness (QED) is 0.551. The largest absolute Gasteiger partial charge is 0.506 e. The summed E-state index contributed by atoms with van der Waals surface area (Å²) in [7, 11) is -3.27. The number of halogens is 2. The standard InChI is InChI=1S/C17H24Br2N2O3S/c1-2-3-8-25(23,24)21-16-7-5-4-6-15(16)20-11-12-9-13(18)10-14(19)17(12)22/h9-11,15-16,21-22H,2-8H2,1H3/t15-,16-/m1/s1. The number of rotatable bonds is 7. The number of unbranched alkanes of at least 4 members (excludes halogenated alkanes) is 1. The molecule has 25 heavy (non-hydrogen) atoms. The molecule has 1 aromatic rings. The minimum atomic E-state index is -3.27. The van der Waals surface area contributed by atoms with Crippen molar-refractivity contribution in [3.63, 3.8) is 0 Å². The van der Waals surface area contributed by atoms with E-state index in [4.69, 9.17) is 0 Å². The van der Waals surface area contributed by atoms with Gasteiger partial charge >= 0.3 is 0 Å². The molecule has 1 aliphatic rings. The summed E-state index contributed by atoms with van der Waals surface area (Å²) < 4.78 is 28.7. The zero-order chi connectivity index (χ0) is 18.4. The summed E-state index contributed by atoms with van der Waals surface area (Å²) in [6.07, 6.45) is 6.81. The second-order valence-corrected chi connectivity index (χ2v) is 10.00. The molecule has 8 heteroatoms. The molecule has 5 nitrogen and oxygen atoms in total. The van der Waals surface area contributed by atoms with E-state index < -0.39 is 10.0 Å². The van der Waals surface area contributed by atoms with Crippen LogP contribution in [0.3, 0.4) is 0 Å². The van der Waals surface area contributed by atoms with E-state index in [0.29, 0.717) is 16.5 Å². The Labute approximate surface area is 166 Å². The van der Waals surface area contributed by atoms with Crippen molar-refractivity contribution in [2.45, 2.75) is 57.5 Å². The number of phenols is 1. The number of nitrogens with zero attached hydrogens (tertiary/aromatic N) is 1. The van der Waals surface area contributed by atoms with Crippen LogP contribution in [0.15, 0.2) is 26.1 Å². The summed E-state index contributed by atoms with van der Waals surface area (Å²) in [6, 6.07) is 3.26. The molecular weight excluding hydrogens is 472 g/mol. The fourth-order valence-corrected chi connectivity index (χ4v) is 5.69. The van der Waals surface area contributed by atoms with Gasteiger partial charge in [0.2, 0.25) is 10.0 Å². The zero-order valence-electron chi connectivity index (χ0n) is 14.2. The van der Waals surface area contributed by atoms with E-state index in [0.717, 1.165) is 36.6 Å². The highest BCUT2D eigenvalue weighted by Gasteiger charge is 2.28. The smallest absolute Gasteiger partial charge is 0.211 e. The molecule has 2 rings (SSSR count). The van der Waals surface area contributed by atoms with Gasteiger partial charge in [-0.3, -0.25) is 4.99 Å². The number of phenolic OH excluding ortho intramolecular Hbond substituents is 1. The van der Waals surface area contributed by atoms with Gasteiger partial charge in [0.1, 0.15) is 5.75 Å². The lowest BCUT2D eigenvalue weighted by atomic mass is 9.91. The third kappa shape index (κ3) is 6.34. The molecule has 0 saturated heterocycles. The Bertz CT molecular complexity index is 723. The van der Waals surface area contributed by atoms with Gasteiger partial charge in [0, 0.05) is 22.3 Å². The van der Waals surface area contributed by atoms with Gasteiger partial charge in [-0.2, -0.15) is 0 Å². The molecule has 0 aromatic heterocycles. The second kappa shape index (κ2) is 9.48. The van der Waals surface area contributed by atoms with Gasteiger partial charge in [-0.15, -0.1) is 0 Å². The molecule has 0 aliphatic heterocycles. The molecule has 0 bridgehead atoms. The number of nitrogens with one attached hydrogen (secondary N) is 1. The van der Waals surface area contributed by atoms with Gasteiger partial charge in [0.25, 0.3) is 0 Å². The van der Waals surface area contributed by atoms with E-state index in [2.05, 4.69) is 41.6 Å². The van der Waals surface area contributed by atoms with Crippen molar-refractivity contribution >= 4 is 48.1 Å². The molecule has 0 spiro atoms. The summed E-state index contributed by atoms with van der Waals surface area (Å²) in [4.78, 5) is 4.59. The molecule has 0 amide bonds. The summed E-state index contributed by atoms with van der Waals surface area (Å²) in [5.74, 6) is 0.290. The highest BCUT2D eigenvalue weighted by molar-refractivity contribution is 9.11. The highest BCUT2D eigenvalue weighted by atomic mass is 79.9. The first kappa shape index (κ1) is 20.9. The number of benzene rings is 1. The van der Waals surface area contributed by atoms with Crippen LogP contribution >= 0.6 is 31.9 Å². The minimum absolute atomic E-state index is 0.109. The topological polar surface area (TPSA) is 78.8 Å². The third-order valence-electron chi connectivity index (χ3n) is 4.29. The van der Waals surface area contributed by atoms with E-state index >= 15 is 0 Å². The predicted octanol–water partition coefficient (Wildman–Crippen LogP) is 4.37. The van der Waals surface area contributed by atoms with Crippen LogP contribution in [-0.4, -0.2) is 37.6 Å². The first-order valence-corrected chi connectivity index (χ1v) is 11.8. The molecule has 0 unspecified atom stereocenters. The Hall–Kier alpha value is -0.440. The molecule has 0 heterocycles. The van der Waals surface area contributed by atoms with E-state index in [9.17, 15) is 13.5 Å². The minimum Gasteiger partial charge on any atom is -0.506 e. The SMILES string of the molecule is CCCCS(=O)(=O)N[C@@H]1CCCC[C@H]1N=Cc1cc(Br)cc(Br)c1O. The second-order valence-electron chi connectivity index (χ2n) is 6.35. The average molecular weight is 496 g/mol. The van der Waals surface area contributed by atoms with Gasteiger partial charge < -0.3 is 5.11 Å². The lowest BCUT2D eigenvalue weighted by Gasteiger charge is -2.29. The number of sulfonamides is 1. The van der Waals surface area contributed by atoms with Crippen molar-refractivity contribution in [3.05, 3.63) is 26.6 Å². The summed E-state index contributed by atoms with van der Waals surface area (Å²) in [6.45, 7) is 1.98. The van der Waals surface area contributed by atoms with Gasteiger partial charge in [-0.1, -0.05) is 42.1 Å². The summed E-state index contributed by atoms with van der Waals surface area (Å²) in [5.41, 5.74) is 0.597. The molecule has 2 atom stereocenters. The molecule has 0 radical (unpaired) electrons. The van der Waals surface area contributed by atoms with Crippen LogP contribution in [0, 0.1) is 0 Å². The van der Waals surface area contributed by atoms with Crippen molar-refractivity contribution in [3.8, 4) is 5.75 Å². The van der Waals surface area contributed by atoms with Crippen LogP contribution in [0.2, 0.25) is 0 Å². The Morgan fingerprint density at radius 2 is 2.04 bits per heavy atom. The summed E-state index contributed by atoms with van der Waals surface area (Å²) in [5, 5.41) is 10.1. The van der Waals surface area contributed by atoms with Crippen LogP contribution in [0.5, 0.6) is 5.75 Å². The third-order valence-corrected chi connectivity index (χ3v) is 6.84. The Kier molecular flexibility index (Phi) is 7.91. The van der Waals surface area contributed by atoms with Crippen molar-refractivity contribution in [2.75, 3.05) is 5.75 Å². The van der Waals surface area contributed by atoms with Gasteiger partial charge in [-0.25, -0.2) is 13.1 Å². The molecule has 1 aliphatic carbocycles. The fourth-order valence-electron chi connectivity index (χ4n) is 2.91. The maximum absolute atomic E-state index is 12.2. The monoisotopic (exact) mass is 494 g/mol. The van der Waals surface area contributed by atoms with Gasteiger partial charge in [-0.05, 0) is 47.3 Å². The van der Waals surface area contributed by atoms with Crippen LogP contribution in [-0.2, 0) is 10.0 Å². The maximum Gasteiger partial charge on any atom is 0.211 e. The first-order valence-electron chi connectivity index (χ1n) is 8.53. The van der Waals surface area contributed by atoms with E-state index in [-0.39, 0.29) is 23.6 Å². The number of aromatic hydroxyl groups is 1. The fraction of sp³-hybridized carbons (Fsp3) is 0.588. The van der Waals surface area contributed by atoms with Gasteiger partial charge in [0.05, 0.1) is 16.3 Å². The van der Waals surface area contributed by atoms with Crippen molar-refractivity contribution in [2.24, 2.45) is 4.99 Å². The number of aliphatic imine (C=N–C) groups is 1. The van der Waals surface area contributed by atoms with Crippen molar-refractivity contribution in [1.29, 1.82) is 0 Å². The maximum atomic E-state index is 12.2. The van der Waals surface area contributed by atoms with Crippen LogP contribution in [0.1, 0.15) is 51.0 Å². The average Bonchev–Trinajstić information content (AvgIpc) is 2.56. The van der Waals surface area contributed by atoms with E-state index in [1.807, 2.05) is 6.92 Å². The predicted molar refractivity (Wildman–Crippen MR) is 109 cm³/mol. The lowest BCUT2D eigenvalue weighted by molar-refractivity contribution is 0.363. The highest BCUT2D eigenvalue weighted by Crippen LogP contribution is 2.31. The lowest BCUT2D eigenvalue weighted by Crippen LogP contribution is -2.45. The molecule has 140 valence electrons. The molecule has 1 saturated carbocycles. The Morgan fingerprint density at radius 3 is 2.76 bits per heavy atom. The number of hydrogen-bond donors (Lipinski definition) is 2. The first-order chi connectivity index (χ1) is 11.8. The summed E-state index contributed by atoms with van der Waals surface area (Å²) >= 11 is 6.70. The Balaban J connectivity index is 2.13. The van der Waals surface area contributed by atoms with Crippen LogP contribution in [0.4, 0.5) is 0 Å². The number of hydrogen-bond acceptors (Lipinski definition) is 4. The van der Waals surface area contributed by atoms with Crippen LogP contribution < -0.4 is 4.72 Å². The molecule has 1 fully saturated rings. The van der Waals surface area contributed by atoms with Gasteiger partial charge in [0.15, 0.2) is 0 Å². The van der Waals surface area contributed by atoms with E-state index in [1.54, 1.807) is 18.3 Å². The van der Waals surface area contributed by atoms with E-state index in [1.165, 1.54) is 0 Å². The van der Waals surface area contributed by atoms with Crippen LogP contribution in [0.25, 0.3) is 0 Å². The molecular formula is C17H24Br2N2O3S. The molecule has 1 aromatic carbocycles. The Morgan fingerprint density at radius 1 is 1.32 bits per heavy atom. The van der Waals surface area contributed by atoms with Crippen molar-refractivity contribution < 1.29 is 13.5 Å². The normalized spacial score (nSPS) is 21.7.